The molecule has 0 saturated carbocycles. The Morgan fingerprint density at radius 2 is 1.21 bits per heavy atom. The van der Waals surface area contributed by atoms with Crippen LogP contribution in [0.4, 0.5) is 0 Å². The summed E-state index contributed by atoms with van der Waals surface area (Å²) < 4.78 is 32.6. The van der Waals surface area contributed by atoms with Crippen LogP contribution in [0.5, 0.6) is 0 Å². The summed E-state index contributed by atoms with van der Waals surface area (Å²) in [5.41, 5.74) is 1.83. The molecule has 1 saturated heterocycles. The van der Waals surface area contributed by atoms with Crippen LogP contribution in [-0.4, -0.2) is 68.1 Å². The largest absolute Gasteiger partial charge is 0.463 e. The third-order valence-corrected chi connectivity index (χ3v) is 4.86. The number of esters is 4. The lowest BCUT2D eigenvalue weighted by molar-refractivity contribution is -0.252. The zero-order valence-corrected chi connectivity index (χ0v) is 19.4. The Morgan fingerprint density at radius 3 is 1.70 bits per heavy atom. The highest BCUT2D eigenvalue weighted by molar-refractivity contribution is 5.68. The van der Waals surface area contributed by atoms with Crippen molar-refractivity contribution in [3.63, 3.8) is 0 Å². The first-order valence-corrected chi connectivity index (χ1v) is 10.5. The van der Waals surface area contributed by atoms with Gasteiger partial charge >= 0.3 is 23.9 Å². The highest BCUT2D eigenvalue weighted by atomic mass is 16.7. The fourth-order valence-electron chi connectivity index (χ4n) is 3.65. The Hall–Kier alpha value is -2.98. The van der Waals surface area contributed by atoms with Crippen molar-refractivity contribution in [1.29, 1.82) is 0 Å². The van der Waals surface area contributed by atoms with Crippen molar-refractivity contribution in [1.82, 2.24) is 0 Å². The zero-order valence-electron chi connectivity index (χ0n) is 19.4. The smallest absolute Gasteiger partial charge is 0.303 e. The maximum Gasteiger partial charge on any atom is 0.303 e. The molecule has 0 N–H and O–H groups in total. The Kier molecular flexibility index (Phi) is 9.80. The molecule has 0 aliphatic carbocycles. The van der Waals surface area contributed by atoms with Crippen molar-refractivity contribution in [3.8, 4) is 0 Å². The van der Waals surface area contributed by atoms with Gasteiger partial charge in [-0.25, -0.2) is 0 Å². The van der Waals surface area contributed by atoms with E-state index in [0.29, 0.717) is 6.61 Å². The van der Waals surface area contributed by atoms with E-state index in [0.717, 1.165) is 11.1 Å². The van der Waals surface area contributed by atoms with Crippen LogP contribution >= 0.6 is 0 Å². The van der Waals surface area contributed by atoms with Gasteiger partial charge in [-0.1, -0.05) is 24.3 Å². The van der Waals surface area contributed by atoms with Gasteiger partial charge in [0.05, 0.1) is 6.61 Å². The van der Waals surface area contributed by atoms with Crippen LogP contribution in [0.1, 0.15) is 38.8 Å². The molecule has 1 aromatic rings. The Balaban J connectivity index is 2.40. The molecule has 0 radical (unpaired) electrons. The van der Waals surface area contributed by atoms with Crippen LogP contribution in [0.15, 0.2) is 24.3 Å². The van der Waals surface area contributed by atoms with Crippen LogP contribution in [0.3, 0.4) is 0 Å². The number of benzene rings is 1. The summed E-state index contributed by atoms with van der Waals surface area (Å²) in [7, 11) is 1.60. The van der Waals surface area contributed by atoms with Gasteiger partial charge in [0.2, 0.25) is 0 Å². The molecule has 2 rings (SSSR count). The first-order valence-electron chi connectivity index (χ1n) is 10.5. The number of rotatable bonds is 9. The van der Waals surface area contributed by atoms with Crippen molar-refractivity contribution in [2.75, 3.05) is 13.7 Å². The SMILES string of the molecule is COCc1ccc(CC2OC(COC(C)=O)C(OC(C)=O)C(OC(C)=O)C2OC(C)=O)cc1. The molecule has 33 heavy (non-hydrogen) atoms. The van der Waals surface area contributed by atoms with E-state index in [-0.39, 0.29) is 13.0 Å². The van der Waals surface area contributed by atoms with E-state index in [2.05, 4.69) is 0 Å². The van der Waals surface area contributed by atoms with Crippen LogP contribution in [0.2, 0.25) is 0 Å². The monoisotopic (exact) mass is 466 g/mol. The van der Waals surface area contributed by atoms with E-state index >= 15 is 0 Å². The molecule has 10 heteroatoms. The normalized spacial score (nSPS) is 24.5. The average Bonchev–Trinajstić information content (AvgIpc) is 2.71. The lowest BCUT2D eigenvalue weighted by Gasteiger charge is -2.44. The Labute approximate surface area is 192 Å². The minimum atomic E-state index is -1.16. The van der Waals surface area contributed by atoms with Crippen LogP contribution in [0, 0.1) is 0 Å². The number of carbonyl (C=O) groups is 4. The van der Waals surface area contributed by atoms with Gasteiger partial charge < -0.3 is 28.4 Å². The fraction of sp³-hybridized carbons (Fsp3) is 0.565. The highest BCUT2D eigenvalue weighted by Crippen LogP contribution is 2.31. The summed E-state index contributed by atoms with van der Waals surface area (Å²) in [5.74, 6) is -2.51. The number of ether oxygens (including phenoxy) is 6. The van der Waals surface area contributed by atoms with Gasteiger partial charge in [0.1, 0.15) is 18.8 Å². The Morgan fingerprint density at radius 1 is 0.727 bits per heavy atom. The number of methoxy groups -OCH3 is 1. The van der Waals surface area contributed by atoms with E-state index in [1.807, 2.05) is 24.3 Å². The molecule has 182 valence electrons. The average molecular weight is 466 g/mol. The van der Waals surface area contributed by atoms with Crippen molar-refractivity contribution < 1.29 is 47.6 Å². The number of hydrogen-bond acceptors (Lipinski definition) is 10. The molecule has 1 heterocycles. The molecule has 0 aromatic heterocycles. The van der Waals surface area contributed by atoms with E-state index in [4.69, 9.17) is 28.4 Å². The molecule has 0 spiro atoms. The van der Waals surface area contributed by atoms with Gasteiger partial charge in [0.15, 0.2) is 18.3 Å². The maximum atomic E-state index is 11.9. The number of hydrogen-bond donors (Lipinski definition) is 0. The molecule has 1 aliphatic heterocycles. The van der Waals surface area contributed by atoms with E-state index < -0.39 is 54.4 Å². The summed E-state index contributed by atoms with van der Waals surface area (Å²) in [6.45, 7) is 5.03. The van der Waals surface area contributed by atoms with Gasteiger partial charge in [0, 0.05) is 41.2 Å². The molecule has 5 unspecified atom stereocenters. The van der Waals surface area contributed by atoms with Crippen LogP contribution in [-0.2, 0) is 60.6 Å². The first kappa shape index (κ1) is 26.3. The second-order valence-corrected chi connectivity index (χ2v) is 7.69. The van der Waals surface area contributed by atoms with E-state index in [1.54, 1.807) is 7.11 Å². The summed E-state index contributed by atoms with van der Waals surface area (Å²) in [6.07, 6.45) is -4.84. The third kappa shape index (κ3) is 8.14. The van der Waals surface area contributed by atoms with Gasteiger partial charge in [-0.15, -0.1) is 0 Å². The van der Waals surface area contributed by atoms with Gasteiger partial charge in [-0.3, -0.25) is 19.2 Å². The zero-order chi connectivity index (χ0) is 24.5. The van der Waals surface area contributed by atoms with Crippen molar-refractivity contribution in [2.45, 2.75) is 71.2 Å². The van der Waals surface area contributed by atoms with Gasteiger partial charge in [-0.2, -0.15) is 0 Å². The van der Waals surface area contributed by atoms with Gasteiger partial charge in [-0.05, 0) is 11.1 Å². The summed E-state index contributed by atoms with van der Waals surface area (Å²) in [4.78, 5) is 46.9. The Bertz CT molecular complexity index is 834. The molecule has 1 aromatic carbocycles. The third-order valence-electron chi connectivity index (χ3n) is 4.86. The van der Waals surface area contributed by atoms with Crippen molar-refractivity contribution in [2.24, 2.45) is 0 Å². The van der Waals surface area contributed by atoms with Gasteiger partial charge in [0.25, 0.3) is 0 Å². The second-order valence-electron chi connectivity index (χ2n) is 7.69. The minimum Gasteiger partial charge on any atom is -0.463 e. The molecular formula is C23H30O10. The molecule has 0 amide bonds. The standard InChI is InChI=1S/C23H30O10/c1-13(24)29-12-20-22(31-15(3)26)23(32-16(4)27)21(30-14(2)25)19(33-20)10-17-6-8-18(9-7-17)11-28-5/h6-9,19-23H,10-12H2,1-5H3. The topological polar surface area (TPSA) is 124 Å². The molecule has 0 bridgehead atoms. The van der Waals surface area contributed by atoms with E-state index in [9.17, 15) is 19.2 Å². The molecule has 1 aliphatic rings. The predicted molar refractivity (Wildman–Crippen MR) is 113 cm³/mol. The van der Waals surface area contributed by atoms with Crippen LogP contribution < -0.4 is 0 Å². The number of carbonyl (C=O) groups excluding carboxylic acids is 4. The minimum absolute atomic E-state index is 0.249. The summed E-state index contributed by atoms with van der Waals surface area (Å²) in [5, 5.41) is 0. The highest BCUT2D eigenvalue weighted by Gasteiger charge is 2.51. The van der Waals surface area contributed by atoms with Crippen molar-refractivity contribution in [3.05, 3.63) is 35.4 Å². The first-order chi connectivity index (χ1) is 15.6. The fourth-order valence-corrected chi connectivity index (χ4v) is 3.65. The predicted octanol–water partition coefficient (Wildman–Crippen LogP) is 1.50. The lowest BCUT2D eigenvalue weighted by atomic mass is 9.90. The lowest BCUT2D eigenvalue weighted by Crippen LogP contribution is -2.62. The maximum absolute atomic E-state index is 11.9. The molecule has 5 atom stereocenters. The van der Waals surface area contributed by atoms with Crippen molar-refractivity contribution >= 4 is 23.9 Å². The summed E-state index contributed by atoms with van der Waals surface area (Å²) >= 11 is 0. The molecule has 10 nitrogen and oxygen atoms in total. The molecular weight excluding hydrogens is 436 g/mol. The second kappa shape index (κ2) is 12.3. The summed E-state index contributed by atoms with van der Waals surface area (Å²) in [6, 6.07) is 7.54. The quantitative estimate of drug-likeness (QED) is 0.391. The van der Waals surface area contributed by atoms with Crippen LogP contribution in [0.25, 0.3) is 0 Å². The molecule has 1 fully saturated rings. The van der Waals surface area contributed by atoms with E-state index in [1.165, 1.54) is 27.7 Å².